The van der Waals surface area contributed by atoms with Crippen LogP contribution in [0.3, 0.4) is 0 Å². The van der Waals surface area contributed by atoms with Gasteiger partial charge in [-0.3, -0.25) is 14.5 Å². The molecule has 1 fully saturated rings. The molecule has 2 aromatic carbocycles. The van der Waals surface area contributed by atoms with E-state index in [0.717, 1.165) is 0 Å². The topological polar surface area (TPSA) is 79.4 Å². The molecule has 4 rings (SSSR count). The first-order chi connectivity index (χ1) is 16.0. The molecule has 172 valence electrons. The Balaban J connectivity index is 1.51. The maximum atomic E-state index is 13.3. The highest BCUT2D eigenvalue weighted by atomic mass is 35.5. The largest absolute Gasteiger partial charge is 0.450 e. The number of benzene rings is 2. The molecule has 0 aromatic heterocycles. The molecule has 3 amide bonds. The van der Waals surface area contributed by atoms with Crippen molar-refractivity contribution in [3.63, 3.8) is 0 Å². The molecule has 0 unspecified atom stereocenters. The van der Waals surface area contributed by atoms with Crippen LogP contribution in [0, 0.1) is 0 Å². The van der Waals surface area contributed by atoms with Crippen molar-refractivity contribution in [3.8, 4) is 5.75 Å². The Labute approximate surface area is 196 Å². The number of halogens is 1. The van der Waals surface area contributed by atoms with Crippen molar-refractivity contribution in [1.82, 2.24) is 9.80 Å². The van der Waals surface area contributed by atoms with Gasteiger partial charge in [0.2, 0.25) is 5.91 Å². The first kappa shape index (κ1) is 22.7. The maximum absolute atomic E-state index is 13.3. The van der Waals surface area contributed by atoms with Gasteiger partial charge in [0.15, 0.2) is 11.5 Å². The van der Waals surface area contributed by atoms with Gasteiger partial charge in [-0.25, -0.2) is 4.79 Å². The van der Waals surface area contributed by atoms with Crippen LogP contribution in [0.1, 0.15) is 12.5 Å². The molecule has 0 bridgehead atoms. The lowest BCUT2D eigenvalue weighted by atomic mass is 10.1. The van der Waals surface area contributed by atoms with Crippen LogP contribution in [-0.2, 0) is 14.3 Å². The van der Waals surface area contributed by atoms with Crippen LogP contribution in [0.25, 0.3) is 6.08 Å². The van der Waals surface area contributed by atoms with E-state index in [1.807, 2.05) is 6.07 Å². The molecule has 0 aliphatic carbocycles. The third-order valence-corrected chi connectivity index (χ3v) is 5.67. The second-order valence-electron chi connectivity index (χ2n) is 7.59. The molecular formula is C24H24ClN3O5. The van der Waals surface area contributed by atoms with Crippen molar-refractivity contribution in [2.45, 2.75) is 6.92 Å². The number of anilines is 1. The minimum absolute atomic E-state index is 0.107. The van der Waals surface area contributed by atoms with E-state index < -0.39 is 5.91 Å². The Kier molecular flexibility index (Phi) is 6.84. The predicted molar refractivity (Wildman–Crippen MR) is 124 cm³/mol. The fourth-order valence-electron chi connectivity index (χ4n) is 3.76. The summed E-state index contributed by atoms with van der Waals surface area (Å²) in [5, 5.41) is 0.544. The summed E-state index contributed by atoms with van der Waals surface area (Å²) < 4.78 is 10.9. The van der Waals surface area contributed by atoms with Gasteiger partial charge >= 0.3 is 6.09 Å². The van der Waals surface area contributed by atoms with Crippen molar-refractivity contribution < 1.29 is 23.9 Å². The third-order valence-electron chi connectivity index (χ3n) is 5.43. The fourth-order valence-corrected chi connectivity index (χ4v) is 3.95. The van der Waals surface area contributed by atoms with Crippen molar-refractivity contribution in [2.24, 2.45) is 0 Å². The van der Waals surface area contributed by atoms with Crippen molar-refractivity contribution in [1.29, 1.82) is 0 Å². The molecule has 2 aliphatic heterocycles. The summed E-state index contributed by atoms with van der Waals surface area (Å²) in [5.74, 6) is -0.0148. The quantitative estimate of drug-likeness (QED) is 0.641. The lowest BCUT2D eigenvalue weighted by Crippen LogP contribution is -2.53. The zero-order valence-corrected chi connectivity index (χ0v) is 19.0. The fraction of sp³-hybridized carbons (Fsp3) is 0.292. The van der Waals surface area contributed by atoms with E-state index in [0.29, 0.717) is 54.8 Å². The molecule has 33 heavy (non-hydrogen) atoms. The van der Waals surface area contributed by atoms with Gasteiger partial charge in [0.05, 0.1) is 12.3 Å². The number of nitrogens with zero attached hydrogens (tertiary/aromatic N) is 3. The van der Waals surface area contributed by atoms with Gasteiger partial charge in [-0.05, 0) is 42.8 Å². The summed E-state index contributed by atoms with van der Waals surface area (Å²) in [6, 6.07) is 14.2. The zero-order chi connectivity index (χ0) is 23.4. The zero-order valence-electron chi connectivity index (χ0n) is 18.2. The van der Waals surface area contributed by atoms with Gasteiger partial charge in [-0.15, -0.1) is 0 Å². The first-order valence-corrected chi connectivity index (χ1v) is 11.1. The second kappa shape index (κ2) is 9.95. The van der Waals surface area contributed by atoms with Crippen LogP contribution in [0.4, 0.5) is 10.5 Å². The van der Waals surface area contributed by atoms with E-state index in [-0.39, 0.29) is 24.3 Å². The van der Waals surface area contributed by atoms with E-state index in [9.17, 15) is 14.4 Å². The van der Waals surface area contributed by atoms with Crippen LogP contribution in [0.15, 0.2) is 54.3 Å². The Hall–Kier alpha value is -3.52. The number of fused-ring (bicyclic) bond motifs is 1. The smallest absolute Gasteiger partial charge is 0.409 e. The van der Waals surface area contributed by atoms with Crippen molar-refractivity contribution in [3.05, 3.63) is 64.9 Å². The number of amides is 3. The number of ether oxygens (including phenoxy) is 2. The number of hydrogen-bond acceptors (Lipinski definition) is 5. The van der Waals surface area contributed by atoms with Gasteiger partial charge in [-0.1, -0.05) is 35.9 Å². The van der Waals surface area contributed by atoms with Crippen LogP contribution in [0.5, 0.6) is 5.75 Å². The van der Waals surface area contributed by atoms with E-state index in [4.69, 9.17) is 21.1 Å². The van der Waals surface area contributed by atoms with Gasteiger partial charge in [0.25, 0.3) is 5.91 Å². The molecule has 0 N–H and O–H groups in total. The molecule has 0 spiro atoms. The molecule has 9 heteroatoms. The second-order valence-corrected chi connectivity index (χ2v) is 8.03. The number of carbonyl (C=O) groups is 3. The number of piperazine rings is 1. The minimum Gasteiger partial charge on any atom is -0.450 e. The first-order valence-electron chi connectivity index (χ1n) is 10.7. The number of carbonyl (C=O) groups excluding carboxylic acids is 3. The molecular weight excluding hydrogens is 446 g/mol. The average Bonchev–Trinajstić information content (AvgIpc) is 2.82. The predicted octanol–water partition coefficient (Wildman–Crippen LogP) is 3.41. The average molecular weight is 470 g/mol. The molecule has 1 saturated heterocycles. The Morgan fingerprint density at radius 1 is 1.06 bits per heavy atom. The van der Waals surface area contributed by atoms with Crippen molar-refractivity contribution in [2.75, 3.05) is 44.2 Å². The monoisotopic (exact) mass is 469 g/mol. The molecule has 2 aromatic rings. The van der Waals surface area contributed by atoms with E-state index in [1.165, 1.54) is 4.90 Å². The molecule has 0 saturated carbocycles. The van der Waals surface area contributed by atoms with Crippen LogP contribution in [-0.4, -0.2) is 67.0 Å². The summed E-state index contributed by atoms with van der Waals surface area (Å²) in [6.45, 7) is 3.46. The van der Waals surface area contributed by atoms with Crippen LogP contribution in [0.2, 0.25) is 5.02 Å². The molecule has 2 heterocycles. The summed E-state index contributed by atoms with van der Waals surface area (Å²) in [7, 11) is 0. The van der Waals surface area contributed by atoms with E-state index >= 15 is 0 Å². The van der Waals surface area contributed by atoms with Gasteiger partial charge < -0.3 is 19.3 Å². The van der Waals surface area contributed by atoms with Gasteiger partial charge in [0.1, 0.15) is 6.54 Å². The lowest BCUT2D eigenvalue weighted by Gasteiger charge is -2.36. The van der Waals surface area contributed by atoms with Gasteiger partial charge in [0, 0.05) is 31.2 Å². The van der Waals surface area contributed by atoms with Crippen LogP contribution >= 0.6 is 11.6 Å². The molecule has 8 nitrogen and oxygen atoms in total. The maximum Gasteiger partial charge on any atom is 0.409 e. The lowest BCUT2D eigenvalue weighted by molar-refractivity contribution is -0.132. The SMILES string of the molecule is CCOC(=O)N1CCN(C(=O)CN2C(=O)/C(=C\c3cccc(Cl)c3)Oc3ccccc32)CC1. The Bertz CT molecular complexity index is 1100. The minimum atomic E-state index is -0.410. The molecule has 0 atom stereocenters. The highest BCUT2D eigenvalue weighted by Crippen LogP contribution is 2.35. The van der Waals surface area contributed by atoms with E-state index in [1.54, 1.807) is 65.3 Å². The number of rotatable bonds is 4. The highest BCUT2D eigenvalue weighted by molar-refractivity contribution is 6.30. The summed E-state index contributed by atoms with van der Waals surface area (Å²) in [5.41, 5.74) is 1.25. The molecule has 2 aliphatic rings. The number of para-hydroxylation sites is 2. The van der Waals surface area contributed by atoms with E-state index in [2.05, 4.69) is 0 Å². The summed E-state index contributed by atoms with van der Waals surface area (Å²) in [6.07, 6.45) is 1.23. The van der Waals surface area contributed by atoms with Gasteiger partial charge in [-0.2, -0.15) is 0 Å². The standard InChI is InChI=1S/C24H24ClN3O5/c1-2-32-24(31)27-12-10-26(11-13-27)22(29)16-28-19-8-3-4-9-20(19)33-21(23(28)30)15-17-6-5-7-18(25)14-17/h3-9,14-15H,2,10-13,16H2,1H3/b21-15+. The van der Waals surface area contributed by atoms with Crippen molar-refractivity contribution >= 4 is 41.3 Å². The normalized spacial score (nSPS) is 17.0. The number of hydrogen-bond donors (Lipinski definition) is 0. The van der Waals surface area contributed by atoms with Crippen LogP contribution < -0.4 is 9.64 Å². The third kappa shape index (κ3) is 5.12. The molecule has 0 radical (unpaired) electrons. The highest BCUT2D eigenvalue weighted by Gasteiger charge is 2.33. The Morgan fingerprint density at radius 2 is 1.79 bits per heavy atom. The summed E-state index contributed by atoms with van der Waals surface area (Å²) >= 11 is 6.06. The Morgan fingerprint density at radius 3 is 2.52 bits per heavy atom. The summed E-state index contributed by atoms with van der Waals surface area (Å²) in [4.78, 5) is 42.9.